The van der Waals surface area contributed by atoms with Gasteiger partial charge in [0.25, 0.3) is 5.91 Å². The first-order valence-corrected chi connectivity index (χ1v) is 8.66. The van der Waals surface area contributed by atoms with Gasteiger partial charge in [-0.1, -0.05) is 19.8 Å². The Morgan fingerprint density at radius 3 is 2.76 bits per heavy atom. The first-order valence-electron chi connectivity index (χ1n) is 8.66. The Kier molecular flexibility index (Phi) is 5.72. The van der Waals surface area contributed by atoms with Gasteiger partial charge in [0.1, 0.15) is 13.2 Å². The number of aromatic nitrogens is 1. The molecule has 1 aromatic heterocycles. The van der Waals surface area contributed by atoms with E-state index in [0.717, 1.165) is 18.7 Å². The maximum absolute atomic E-state index is 12.5. The van der Waals surface area contributed by atoms with E-state index in [4.69, 9.17) is 9.47 Å². The quantitative estimate of drug-likeness (QED) is 0.751. The molecule has 1 aliphatic heterocycles. The van der Waals surface area contributed by atoms with Crippen molar-refractivity contribution in [2.24, 2.45) is 0 Å². The number of fused-ring (bicyclic) bond motifs is 1. The number of amides is 1. The van der Waals surface area contributed by atoms with E-state index in [-0.39, 0.29) is 5.91 Å². The minimum absolute atomic E-state index is 0.207. The second kappa shape index (κ2) is 8.37. The Labute approximate surface area is 147 Å². The number of hydrogen-bond donors (Lipinski definition) is 2. The summed E-state index contributed by atoms with van der Waals surface area (Å²) >= 11 is 0. The van der Waals surface area contributed by atoms with E-state index in [1.807, 2.05) is 6.07 Å². The molecular formula is C19H23N3O3. The van der Waals surface area contributed by atoms with Gasteiger partial charge < -0.3 is 20.1 Å². The van der Waals surface area contributed by atoms with Gasteiger partial charge in [0.05, 0.1) is 11.3 Å². The van der Waals surface area contributed by atoms with Gasteiger partial charge in [0, 0.05) is 30.7 Å². The van der Waals surface area contributed by atoms with E-state index >= 15 is 0 Å². The monoisotopic (exact) mass is 341 g/mol. The van der Waals surface area contributed by atoms with Crippen LogP contribution in [0.2, 0.25) is 0 Å². The molecule has 0 aliphatic carbocycles. The zero-order valence-corrected chi connectivity index (χ0v) is 14.4. The maximum atomic E-state index is 12.5. The van der Waals surface area contributed by atoms with Gasteiger partial charge in [-0.05, 0) is 24.6 Å². The van der Waals surface area contributed by atoms with Crippen LogP contribution in [0.5, 0.6) is 11.5 Å². The average Bonchev–Trinajstić information content (AvgIpc) is 2.65. The molecule has 2 N–H and O–H groups in total. The van der Waals surface area contributed by atoms with E-state index in [2.05, 4.69) is 22.5 Å². The van der Waals surface area contributed by atoms with Crippen molar-refractivity contribution in [3.05, 3.63) is 42.2 Å². The first-order chi connectivity index (χ1) is 12.3. The zero-order chi connectivity index (χ0) is 17.5. The molecule has 0 saturated heterocycles. The number of ether oxygens (including phenoxy) is 2. The molecule has 0 fully saturated rings. The SMILES string of the molecule is CCCCCNc1cncc(C(=O)Nc2ccc3c(c2)OCCO3)c1. The van der Waals surface area contributed by atoms with Crippen LogP contribution in [0.3, 0.4) is 0 Å². The minimum atomic E-state index is -0.207. The molecule has 0 unspecified atom stereocenters. The van der Waals surface area contributed by atoms with Crippen molar-refractivity contribution in [3.63, 3.8) is 0 Å². The summed E-state index contributed by atoms with van der Waals surface area (Å²) in [5, 5.41) is 6.17. The molecule has 2 heterocycles. The van der Waals surface area contributed by atoms with Crippen LogP contribution in [0, 0.1) is 0 Å². The number of benzene rings is 1. The molecule has 6 nitrogen and oxygen atoms in total. The second-order valence-corrected chi connectivity index (χ2v) is 5.91. The Morgan fingerprint density at radius 2 is 1.92 bits per heavy atom. The Hall–Kier alpha value is -2.76. The van der Waals surface area contributed by atoms with Gasteiger partial charge in [-0.3, -0.25) is 9.78 Å². The summed E-state index contributed by atoms with van der Waals surface area (Å²) in [4.78, 5) is 16.6. The normalized spacial score (nSPS) is 12.5. The van der Waals surface area contributed by atoms with Crippen molar-refractivity contribution in [1.82, 2.24) is 4.98 Å². The highest BCUT2D eigenvalue weighted by Crippen LogP contribution is 2.32. The molecule has 1 aromatic carbocycles. The summed E-state index contributed by atoms with van der Waals surface area (Å²) in [6, 6.07) is 7.18. The number of nitrogens with zero attached hydrogens (tertiary/aromatic N) is 1. The van der Waals surface area contributed by atoms with Crippen molar-refractivity contribution in [3.8, 4) is 11.5 Å². The Bertz CT molecular complexity index is 734. The van der Waals surface area contributed by atoms with Crippen LogP contribution >= 0.6 is 0 Å². The lowest BCUT2D eigenvalue weighted by atomic mass is 10.2. The van der Waals surface area contributed by atoms with Gasteiger partial charge in [-0.2, -0.15) is 0 Å². The molecule has 2 aromatic rings. The lowest BCUT2D eigenvalue weighted by Gasteiger charge is -2.19. The fraction of sp³-hybridized carbons (Fsp3) is 0.368. The number of hydrogen-bond acceptors (Lipinski definition) is 5. The molecule has 3 rings (SSSR count). The van der Waals surface area contributed by atoms with Crippen molar-refractivity contribution in [2.45, 2.75) is 26.2 Å². The standard InChI is InChI=1S/C19H23N3O3/c1-2-3-4-7-21-16-10-14(12-20-13-16)19(23)22-15-5-6-17-18(11-15)25-9-8-24-17/h5-6,10-13,21H,2-4,7-9H2,1H3,(H,22,23). The second-order valence-electron chi connectivity index (χ2n) is 5.91. The highest BCUT2D eigenvalue weighted by molar-refractivity contribution is 6.04. The topological polar surface area (TPSA) is 72.5 Å². The summed E-state index contributed by atoms with van der Waals surface area (Å²) in [7, 11) is 0. The highest BCUT2D eigenvalue weighted by Gasteiger charge is 2.13. The average molecular weight is 341 g/mol. The number of anilines is 2. The van der Waals surface area contributed by atoms with E-state index < -0.39 is 0 Å². The van der Waals surface area contributed by atoms with E-state index in [9.17, 15) is 4.79 Å². The molecule has 0 radical (unpaired) electrons. The van der Waals surface area contributed by atoms with Gasteiger partial charge >= 0.3 is 0 Å². The molecule has 0 saturated carbocycles. The number of nitrogens with one attached hydrogen (secondary N) is 2. The third kappa shape index (κ3) is 4.62. The van der Waals surface area contributed by atoms with E-state index in [0.29, 0.717) is 36.0 Å². The number of unbranched alkanes of at least 4 members (excludes halogenated alkanes) is 2. The first kappa shape index (κ1) is 17.1. The summed E-state index contributed by atoms with van der Waals surface area (Å²) < 4.78 is 11.0. The molecule has 1 amide bonds. The predicted octanol–water partition coefficient (Wildman–Crippen LogP) is 3.71. The van der Waals surface area contributed by atoms with Crippen molar-refractivity contribution in [1.29, 1.82) is 0 Å². The summed E-state index contributed by atoms with van der Waals surface area (Å²) in [6.07, 6.45) is 6.75. The van der Waals surface area contributed by atoms with Crippen molar-refractivity contribution < 1.29 is 14.3 Å². The summed E-state index contributed by atoms with van der Waals surface area (Å²) in [5.74, 6) is 1.14. The fourth-order valence-electron chi connectivity index (χ4n) is 2.59. The molecule has 132 valence electrons. The lowest BCUT2D eigenvalue weighted by Crippen LogP contribution is -2.16. The third-order valence-electron chi connectivity index (χ3n) is 3.91. The van der Waals surface area contributed by atoms with Gasteiger partial charge in [-0.15, -0.1) is 0 Å². The molecule has 0 bridgehead atoms. The van der Waals surface area contributed by atoms with Crippen molar-refractivity contribution >= 4 is 17.3 Å². The third-order valence-corrected chi connectivity index (χ3v) is 3.91. The molecular weight excluding hydrogens is 318 g/mol. The van der Waals surface area contributed by atoms with Crippen LogP contribution in [0.15, 0.2) is 36.7 Å². The predicted molar refractivity (Wildman–Crippen MR) is 97.6 cm³/mol. The Balaban J connectivity index is 1.63. The van der Waals surface area contributed by atoms with Crippen LogP contribution in [-0.2, 0) is 0 Å². The molecule has 1 aliphatic rings. The van der Waals surface area contributed by atoms with E-state index in [1.165, 1.54) is 12.8 Å². The maximum Gasteiger partial charge on any atom is 0.257 e. The molecule has 25 heavy (non-hydrogen) atoms. The van der Waals surface area contributed by atoms with Crippen LogP contribution in [0.25, 0.3) is 0 Å². The zero-order valence-electron chi connectivity index (χ0n) is 14.4. The summed E-state index contributed by atoms with van der Waals surface area (Å²) in [5.41, 5.74) is 2.02. The van der Waals surface area contributed by atoms with Crippen LogP contribution in [0.1, 0.15) is 36.5 Å². The van der Waals surface area contributed by atoms with Gasteiger partial charge in [0.15, 0.2) is 11.5 Å². The molecule has 0 atom stereocenters. The highest BCUT2D eigenvalue weighted by atomic mass is 16.6. The number of rotatable bonds is 7. The fourth-order valence-corrected chi connectivity index (χ4v) is 2.59. The largest absolute Gasteiger partial charge is 0.486 e. The van der Waals surface area contributed by atoms with Crippen molar-refractivity contribution in [2.75, 3.05) is 30.4 Å². The molecule has 6 heteroatoms. The minimum Gasteiger partial charge on any atom is -0.486 e. The number of carbonyl (C=O) groups excluding carboxylic acids is 1. The molecule has 0 spiro atoms. The van der Waals surface area contributed by atoms with Gasteiger partial charge in [0.2, 0.25) is 0 Å². The smallest absolute Gasteiger partial charge is 0.257 e. The van der Waals surface area contributed by atoms with Crippen LogP contribution in [0.4, 0.5) is 11.4 Å². The van der Waals surface area contributed by atoms with Crippen LogP contribution in [-0.4, -0.2) is 30.6 Å². The van der Waals surface area contributed by atoms with Crippen LogP contribution < -0.4 is 20.1 Å². The number of pyridine rings is 1. The van der Waals surface area contributed by atoms with Gasteiger partial charge in [-0.25, -0.2) is 0 Å². The Morgan fingerprint density at radius 1 is 1.08 bits per heavy atom. The number of carbonyl (C=O) groups is 1. The van der Waals surface area contributed by atoms with E-state index in [1.54, 1.807) is 30.6 Å². The lowest BCUT2D eigenvalue weighted by molar-refractivity contribution is 0.102. The summed E-state index contributed by atoms with van der Waals surface area (Å²) in [6.45, 7) is 4.11.